The van der Waals surface area contributed by atoms with E-state index in [0.29, 0.717) is 10.6 Å². The van der Waals surface area contributed by atoms with Gasteiger partial charge in [-0.05, 0) is 36.1 Å². The summed E-state index contributed by atoms with van der Waals surface area (Å²) >= 11 is 1.17. The SMILES string of the molecule is CCOC(=O)Cn1c(=NC(=O)Cc2ccc(C(C)C)cc2)sc2cccc(F)c21. The van der Waals surface area contributed by atoms with Crippen LogP contribution in [0.2, 0.25) is 0 Å². The minimum atomic E-state index is -0.506. The number of carbonyl (C=O) groups excluding carboxylic acids is 2. The number of benzene rings is 2. The van der Waals surface area contributed by atoms with Crippen molar-refractivity contribution in [2.75, 3.05) is 6.61 Å². The van der Waals surface area contributed by atoms with Gasteiger partial charge in [0.25, 0.3) is 5.91 Å². The minimum absolute atomic E-state index is 0.133. The fourth-order valence-electron chi connectivity index (χ4n) is 3.00. The highest BCUT2D eigenvalue weighted by Crippen LogP contribution is 2.20. The zero-order valence-corrected chi connectivity index (χ0v) is 17.5. The predicted octanol–water partition coefficient (Wildman–Crippen LogP) is 4.20. The Kier molecular flexibility index (Phi) is 6.59. The summed E-state index contributed by atoms with van der Waals surface area (Å²) < 4.78 is 21.4. The van der Waals surface area contributed by atoms with Gasteiger partial charge in [-0.25, -0.2) is 4.39 Å². The number of amides is 1. The number of rotatable bonds is 6. The summed E-state index contributed by atoms with van der Waals surface area (Å²) in [6, 6.07) is 12.5. The second-order valence-corrected chi connectivity index (χ2v) is 7.95. The number of ether oxygens (including phenoxy) is 1. The average Bonchev–Trinajstić information content (AvgIpc) is 3.00. The van der Waals surface area contributed by atoms with Crippen molar-refractivity contribution in [2.45, 2.75) is 39.7 Å². The van der Waals surface area contributed by atoms with Gasteiger partial charge in [-0.2, -0.15) is 4.99 Å². The van der Waals surface area contributed by atoms with Crippen LogP contribution < -0.4 is 4.80 Å². The van der Waals surface area contributed by atoms with Gasteiger partial charge in [-0.15, -0.1) is 0 Å². The lowest BCUT2D eigenvalue weighted by Gasteiger charge is -2.06. The molecule has 1 heterocycles. The van der Waals surface area contributed by atoms with E-state index in [1.54, 1.807) is 19.1 Å². The first-order chi connectivity index (χ1) is 13.9. The zero-order valence-electron chi connectivity index (χ0n) is 16.6. The number of aromatic nitrogens is 1. The Balaban J connectivity index is 1.94. The number of thiazole rings is 1. The normalized spacial score (nSPS) is 12.0. The molecule has 3 aromatic rings. The summed E-state index contributed by atoms with van der Waals surface area (Å²) in [4.78, 5) is 29.0. The van der Waals surface area contributed by atoms with E-state index in [1.807, 2.05) is 24.3 Å². The molecule has 0 aliphatic rings. The lowest BCUT2D eigenvalue weighted by atomic mass is 10.0. The molecule has 1 aromatic heterocycles. The molecule has 2 aromatic carbocycles. The average molecular weight is 415 g/mol. The van der Waals surface area contributed by atoms with E-state index in [1.165, 1.54) is 27.5 Å². The molecule has 0 radical (unpaired) electrons. The van der Waals surface area contributed by atoms with E-state index >= 15 is 0 Å². The number of hydrogen-bond acceptors (Lipinski definition) is 4. The van der Waals surface area contributed by atoms with Crippen LogP contribution in [0, 0.1) is 5.82 Å². The zero-order chi connectivity index (χ0) is 21.0. The first-order valence-electron chi connectivity index (χ1n) is 9.49. The Morgan fingerprint density at radius 1 is 1.17 bits per heavy atom. The summed E-state index contributed by atoms with van der Waals surface area (Å²) in [6.07, 6.45) is 0.133. The molecule has 5 nitrogen and oxygen atoms in total. The first kappa shape index (κ1) is 20.9. The van der Waals surface area contributed by atoms with Crippen molar-refractivity contribution in [1.82, 2.24) is 4.57 Å². The number of halogens is 1. The van der Waals surface area contributed by atoms with E-state index < -0.39 is 11.8 Å². The number of nitrogens with zero attached hydrogens (tertiary/aromatic N) is 2. The summed E-state index contributed by atoms with van der Waals surface area (Å²) in [5.74, 6) is -0.915. The van der Waals surface area contributed by atoms with Gasteiger partial charge in [-0.1, -0.05) is 55.5 Å². The number of fused-ring (bicyclic) bond motifs is 1. The van der Waals surface area contributed by atoms with Crippen LogP contribution in [-0.2, 0) is 27.3 Å². The molecule has 0 atom stereocenters. The fraction of sp³-hybridized carbons (Fsp3) is 0.318. The van der Waals surface area contributed by atoms with Crippen LogP contribution in [0.15, 0.2) is 47.5 Å². The van der Waals surface area contributed by atoms with Crippen LogP contribution in [0.3, 0.4) is 0 Å². The van der Waals surface area contributed by atoms with Gasteiger partial charge in [0.2, 0.25) is 0 Å². The Morgan fingerprint density at radius 2 is 1.90 bits per heavy atom. The number of para-hydroxylation sites is 1. The highest BCUT2D eigenvalue weighted by molar-refractivity contribution is 7.16. The molecule has 0 aliphatic carbocycles. The Morgan fingerprint density at radius 3 is 2.55 bits per heavy atom. The Hall–Kier alpha value is -2.80. The van der Waals surface area contributed by atoms with Gasteiger partial charge in [0, 0.05) is 0 Å². The summed E-state index contributed by atoms with van der Waals surface area (Å²) in [5.41, 5.74) is 2.30. The van der Waals surface area contributed by atoms with Crippen molar-refractivity contribution in [1.29, 1.82) is 0 Å². The molecule has 0 unspecified atom stereocenters. The Bertz CT molecular complexity index is 1100. The van der Waals surface area contributed by atoms with Crippen LogP contribution in [0.1, 0.15) is 37.8 Å². The van der Waals surface area contributed by atoms with Gasteiger partial charge in [0.15, 0.2) is 4.80 Å². The molecular formula is C22H23FN2O3S. The van der Waals surface area contributed by atoms with E-state index in [0.717, 1.165) is 5.56 Å². The molecular weight excluding hydrogens is 391 g/mol. The second kappa shape index (κ2) is 9.13. The van der Waals surface area contributed by atoms with Crippen molar-refractivity contribution in [3.05, 3.63) is 64.2 Å². The quantitative estimate of drug-likeness (QED) is 0.568. The molecule has 0 fully saturated rings. The largest absolute Gasteiger partial charge is 0.465 e. The monoisotopic (exact) mass is 414 g/mol. The van der Waals surface area contributed by atoms with Crippen LogP contribution in [0.5, 0.6) is 0 Å². The molecule has 0 N–H and O–H groups in total. The molecule has 0 saturated heterocycles. The molecule has 0 bridgehead atoms. The molecule has 0 aliphatic heterocycles. The van der Waals surface area contributed by atoms with E-state index in [4.69, 9.17) is 4.74 Å². The smallest absolute Gasteiger partial charge is 0.326 e. The third kappa shape index (κ3) is 4.98. The van der Waals surface area contributed by atoms with Crippen LogP contribution in [-0.4, -0.2) is 23.1 Å². The molecule has 152 valence electrons. The second-order valence-electron chi connectivity index (χ2n) is 6.94. The van der Waals surface area contributed by atoms with E-state index in [-0.39, 0.29) is 35.8 Å². The molecule has 29 heavy (non-hydrogen) atoms. The van der Waals surface area contributed by atoms with Crippen LogP contribution in [0.25, 0.3) is 10.2 Å². The van der Waals surface area contributed by atoms with Crippen molar-refractivity contribution < 1.29 is 18.7 Å². The van der Waals surface area contributed by atoms with Gasteiger partial charge >= 0.3 is 5.97 Å². The lowest BCUT2D eigenvalue weighted by Crippen LogP contribution is -2.23. The predicted molar refractivity (Wildman–Crippen MR) is 111 cm³/mol. The number of carbonyl (C=O) groups is 2. The first-order valence-corrected chi connectivity index (χ1v) is 10.3. The topological polar surface area (TPSA) is 60.7 Å². The highest BCUT2D eigenvalue weighted by Gasteiger charge is 2.15. The number of hydrogen-bond donors (Lipinski definition) is 0. The molecule has 0 spiro atoms. The van der Waals surface area contributed by atoms with Gasteiger partial charge in [0.1, 0.15) is 12.4 Å². The Labute approximate surface area is 172 Å². The standard InChI is InChI=1S/C22H23FN2O3S/c1-4-28-20(27)13-25-21-17(23)6-5-7-18(21)29-22(25)24-19(26)12-15-8-10-16(11-9-15)14(2)3/h5-11,14H,4,12-13H2,1-3H3. The van der Waals surface area contributed by atoms with E-state index in [2.05, 4.69) is 18.8 Å². The van der Waals surface area contributed by atoms with Crippen molar-refractivity contribution in [3.63, 3.8) is 0 Å². The van der Waals surface area contributed by atoms with Gasteiger partial charge < -0.3 is 9.30 Å². The third-order valence-electron chi connectivity index (χ3n) is 4.47. The minimum Gasteiger partial charge on any atom is -0.465 e. The van der Waals surface area contributed by atoms with Crippen LogP contribution >= 0.6 is 11.3 Å². The van der Waals surface area contributed by atoms with Crippen molar-refractivity contribution in [3.8, 4) is 0 Å². The van der Waals surface area contributed by atoms with Gasteiger partial charge in [0.05, 0.1) is 23.2 Å². The van der Waals surface area contributed by atoms with Crippen LogP contribution in [0.4, 0.5) is 4.39 Å². The molecule has 7 heteroatoms. The molecule has 3 rings (SSSR count). The third-order valence-corrected chi connectivity index (χ3v) is 5.51. The van der Waals surface area contributed by atoms with E-state index in [9.17, 15) is 14.0 Å². The summed E-state index contributed by atoms with van der Waals surface area (Å²) in [7, 11) is 0. The highest BCUT2D eigenvalue weighted by atomic mass is 32.1. The van der Waals surface area contributed by atoms with Crippen molar-refractivity contribution in [2.24, 2.45) is 4.99 Å². The lowest BCUT2D eigenvalue weighted by molar-refractivity contribution is -0.143. The number of esters is 1. The molecule has 1 amide bonds. The summed E-state index contributed by atoms with van der Waals surface area (Å²) in [5, 5.41) is 0. The maximum atomic E-state index is 14.4. The maximum Gasteiger partial charge on any atom is 0.326 e. The van der Waals surface area contributed by atoms with Gasteiger partial charge in [-0.3, -0.25) is 9.59 Å². The molecule has 0 saturated carbocycles. The fourth-order valence-corrected chi connectivity index (χ4v) is 4.06. The maximum absolute atomic E-state index is 14.4. The van der Waals surface area contributed by atoms with Crippen molar-refractivity contribution >= 4 is 33.4 Å². The summed E-state index contributed by atoms with van der Waals surface area (Å²) in [6.45, 7) is 5.94.